The number of halogens is 1. The molecule has 0 amide bonds. The quantitative estimate of drug-likeness (QED) is 0.427. The van der Waals surface area contributed by atoms with E-state index in [0.717, 1.165) is 27.7 Å². The van der Waals surface area contributed by atoms with Crippen molar-refractivity contribution in [2.75, 3.05) is 5.32 Å². The molecule has 0 atom stereocenters. The van der Waals surface area contributed by atoms with Crippen molar-refractivity contribution < 1.29 is 4.74 Å². The van der Waals surface area contributed by atoms with Gasteiger partial charge in [-0.25, -0.2) is 0 Å². The molecule has 2 heterocycles. The Bertz CT molecular complexity index is 1280. The van der Waals surface area contributed by atoms with Crippen molar-refractivity contribution in [3.63, 3.8) is 0 Å². The van der Waals surface area contributed by atoms with Crippen LogP contribution in [-0.4, -0.2) is 9.97 Å². The third kappa shape index (κ3) is 4.05. The Morgan fingerprint density at radius 3 is 2.73 bits per heavy atom. The standard InChI is InChI=1S/C24H19ClN4O/c1-15-5-7-21-19(10-15)24(17(12-26)13-28-21)29-22-8-6-18(11-20(22)25)30-14-23-16(2)4-3-9-27-23/h3-11,13H,14H2,1-2H3,(H,28,29). The Morgan fingerprint density at radius 2 is 1.97 bits per heavy atom. The third-order valence-electron chi connectivity index (χ3n) is 4.84. The summed E-state index contributed by atoms with van der Waals surface area (Å²) < 4.78 is 5.85. The summed E-state index contributed by atoms with van der Waals surface area (Å²) in [5.74, 6) is 0.645. The van der Waals surface area contributed by atoms with E-state index in [4.69, 9.17) is 16.3 Å². The van der Waals surface area contributed by atoms with Crippen LogP contribution in [0.5, 0.6) is 5.75 Å². The number of pyridine rings is 2. The van der Waals surface area contributed by atoms with E-state index < -0.39 is 0 Å². The number of aromatic nitrogens is 2. The zero-order valence-corrected chi connectivity index (χ0v) is 17.4. The van der Waals surface area contributed by atoms with Crippen molar-refractivity contribution in [1.29, 1.82) is 5.26 Å². The first-order chi connectivity index (χ1) is 14.5. The molecular weight excluding hydrogens is 396 g/mol. The molecular formula is C24H19ClN4O. The second-order valence-electron chi connectivity index (χ2n) is 7.00. The predicted octanol–water partition coefficient (Wildman–Crippen LogP) is 6.09. The first kappa shape index (κ1) is 19.7. The summed E-state index contributed by atoms with van der Waals surface area (Å²) in [4.78, 5) is 8.71. The number of nitrogens with one attached hydrogen (secondary N) is 1. The van der Waals surface area contributed by atoms with Crippen molar-refractivity contribution in [2.24, 2.45) is 0 Å². The first-order valence-electron chi connectivity index (χ1n) is 9.44. The van der Waals surface area contributed by atoms with Crippen LogP contribution in [0.25, 0.3) is 10.9 Å². The van der Waals surface area contributed by atoms with Crippen LogP contribution in [0.15, 0.2) is 60.9 Å². The van der Waals surface area contributed by atoms with E-state index in [1.165, 1.54) is 0 Å². The van der Waals surface area contributed by atoms with Gasteiger partial charge in [0.15, 0.2) is 0 Å². The number of hydrogen-bond donors (Lipinski definition) is 1. The van der Waals surface area contributed by atoms with E-state index >= 15 is 0 Å². The molecule has 5 nitrogen and oxygen atoms in total. The summed E-state index contributed by atoms with van der Waals surface area (Å²) in [5, 5.41) is 14.2. The van der Waals surface area contributed by atoms with Crippen molar-refractivity contribution in [1.82, 2.24) is 9.97 Å². The van der Waals surface area contributed by atoms with E-state index in [1.807, 2.05) is 56.3 Å². The Balaban J connectivity index is 1.61. The van der Waals surface area contributed by atoms with Gasteiger partial charge in [-0.3, -0.25) is 9.97 Å². The molecule has 4 rings (SSSR count). The highest BCUT2D eigenvalue weighted by atomic mass is 35.5. The van der Waals surface area contributed by atoms with Gasteiger partial charge in [-0.15, -0.1) is 0 Å². The Morgan fingerprint density at radius 1 is 1.10 bits per heavy atom. The van der Waals surface area contributed by atoms with Crippen molar-refractivity contribution in [2.45, 2.75) is 20.5 Å². The third-order valence-corrected chi connectivity index (χ3v) is 5.15. The highest BCUT2D eigenvalue weighted by Crippen LogP contribution is 2.34. The molecule has 0 aliphatic rings. The van der Waals surface area contributed by atoms with Gasteiger partial charge < -0.3 is 10.1 Å². The van der Waals surface area contributed by atoms with Gasteiger partial charge in [0.2, 0.25) is 0 Å². The van der Waals surface area contributed by atoms with E-state index in [9.17, 15) is 5.26 Å². The number of hydrogen-bond acceptors (Lipinski definition) is 5. The summed E-state index contributed by atoms with van der Waals surface area (Å²) in [5.41, 5.74) is 5.68. The average Bonchev–Trinajstić information content (AvgIpc) is 2.75. The SMILES string of the molecule is Cc1ccc2ncc(C#N)c(Nc3ccc(OCc4ncccc4C)cc3Cl)c2c1. The number of fused-ring (bicyclic) bond motifs is 1. The predicted molar refractivity (Wildman–Crippen MR) is 119 cm³/mol. The van der Waals surface area contributed by atoms with Gasteiger partial charge in [-0.05, 0) is 49.7 Å². The molecule has 4 aromatic rings. The zero-order chi connectivity index (χ0) is 21.1. The van der Waals surface area contributed by atoms with Gasteiger partial charge in [0, 0.05) is 23.8 Å². The van der Waals surface area contributed by atoms with Gasteiger partial charge in [-0.1, -0.05) is 29.3 Å². The molecule has 148 valence electrons. The fourth-order valence-electron chi connectivity index (χ4n) is 3.17. The number of nitrogens with zero attached hydrogens (tertiary/aromatic N) is 3. The molecule has 0 bridgehead atoms. The summed E-state index contributed by atoms with van der Waals surface area (Å²) in [7, 11) is 0. The van der Waals surface area contributed by atoms with Gasteiger partial charge in [0.25, 0.3) is 0 Å². The monoisotopic (exact) mass is 414 g/mol. The molecule has 0 saturated heterocycles. The lowest BCUT2D eigenvalue weighted by atomic mass is 10.1. The van der Waals surface area contributed by atoms with E-state index in [-0.39, 0.29) is 0 Å². The molecule has 30 heavy (non-hydrogen) atoms. The van der Waals surface area contributed by atoms with Crippen molar-refractivity contribution >= 4 is 33.9 Å². The minimum atomic E-state index is 0.364. The Hall–Kier alpha value is -3.62. The highest BCUT2D eigenvalue weighted by Gasteiger charge is 2.12. The topological polar surface area (TPSA) is 70.8 Å². The van der Waals surface area contributed by atoms with Crippen LogP contribution in [0.4, 0.5) is 11.4 Å². The summed E-state index contributed by atoms with van der Waals surface area (Å²) >= 11 is 6.51. The number of ether oxygens (including phenoxy) is 1. The maximum absolute atomic E-state index is 9.55. The largest absolute Gasteiger partial charge is 0.487 e. The molecule has 0 spiro atoms. The molecule has 1 N–H and O–H groups in total. The fraction of sp³-hybridized carbons (Fsp3) is 0.125. The molecule has 6 heteroatoms. The van der Waals surface area contributed by atoms with E-state index in [2.05, 4.69) is 21.4 Å². The van der Waals surface area contributed by atoms with Crippen LogP contribution in [-0.2, 0) is 6.61 Å². The Labute approximate surface area is 179 Å². The van der Waals surface area contributed by atoms with Crippen molar-refractivity contribution in [3.8, 4) is 11.8 Å². The number of rotatable bonds is 5. The maximum atomic E-state index is 9.55. The van der Waals surface area contributed by atoms with Crippen LogP contribution in [0.3, 0.4) is 0 Å². The normalized spacial score (nSPS) is 10.6. The van der Waals surface area contributed by atoms with Crippen LogP contribution in [0.1, 0.15) is 22.4 Å². The molecule has 0 aliphatic carbocycles. The lowest BCUT2D eigenvalue weighted by molar-refractivity contribution is 0.300. The number of benzene rings is 2. The summed E-state index contributed by atoms with van der Waals surface area (Å²) in [6.07, 6.45) is 3.32. The van der Waals surface area contributed by atoms with Crippen LogP contribution in [0.2, 0.25) is 5.02 Å². The molecule has 0 radical (unpaired) electrons. The number of anilines is 2. The van der Waals surface area contributed by atoms with Gasteiger partial charge in [-0.2, -0.15) is 5.26 Å². The second-order valence-corrected chi connectivity index (χ2v) is 7.41. The zero-order valence-electron chi connectivity index (χ0n) is 16.6. The fourth-order valence-corrected chi connectivity index (χ4v) is 3.39. The average molecular weight is 415 g/mol. The van der Waals surface area contributed by atoms with Crippen molar-refractivity contribution in [3.05, 3.63) is 88.3 Å². The van der Waals surface area contributed by atoms with E-state index in [1.54, 1.807) is 18.5 Å². The molecule has 2 aromatic heterocycles. The summed E-state index contributed by atoms with van der Waals surface area (Å²) in [6, 6.07) is 17.5. The Kier molecular flexibility index (Phi) is 5.51. The van der Waals surface area contributed by atoms with Crippen LogP contribution >= 0.6 is 11.6 Å². The second kappa shape index (κ2) is 8.40. The van der Waals surface area contributed by atoms with Crippen LogP contribution < -0.4 is 10.1 Å². The van der Waals surface area contributed by atoms with Gasteiger partial charge in [0.1, 0.15) is 18.4 Å². The molecule has 2 aromatic carbocycles. The highest BCUT2D eigenvalue weighted by molar-refractivity contribution is 6.33. The first-order valence-corrected chi connectivity index (χ1v) is 9.82. The minimum Gasteiger partial charge on any atom is -0.487 e. The molecule has 0 aliphatic heterocycles. The lowest BCUT2D eigenvalue weighted by Gasteiger charge is -2.14. The number of nitriles is 1. The molecule has 0 fully saturated rings. The molecule has 0 saturated carbocycles. The van der Waals surface area contributed by atoms with Gasteiger partial charge >= 0.3 is 0 Å². The van der Waals surface area contributed by atoms with Crippen LogP contribution in [0, 0.1) is 25.2 Å². The molecule has 0 unspecified atom stereocenters. The lowest BCUT2D eigenvalue weighted by Crippen LogP contribution is -2.01. The van der Waals surface area contributed by atoms with Gasteiger partial charge in [0.05, 0.1) is 33.2 Å². The minimum absolute atomic E-state index is 0.364. The van der Waals surface area contributed by atoms with E-state index in [0.29, 0.717) is 34.3 Å². The maximum Gasteiger partial charge on any atom is 0.130 e. The number of aryl methyl sites for hydroxylation is 2. The smallest absolute Gasteiger partial charge is 0.130 e. The summed E-state index contributed by atoms with van der Waals surface area (Å²) in [6.45, 7) is 4.37.